The highest BCUT2D eigenvalue weighted by molar-refractivity contribution is 5.71. The first-order valence-electron chi connectivity index (χ1n) is 7.76. The molecular formula is C17H25NO3. The van der Waals surface area contributed by atoms with Crippen molar-refractivity contribution in [1.29, 1.82) is 0 Å². The third-order valence-electron chi connectivity index (χ3n) is 4.18. The van der Waals surface area contributed by atoms with Gasteiger partial charge >= 0.3 is 5.97 Å². The average Bonchev–Trinajstić information content (AvgIpc) is 2.53. The van der Waals surface area contributed by atoms with Crippen molar-refractivity contribution in [3.63, 3.8) is 0 Å². The minimum absolute atomic E-state index is 0.0599. The summed E-state index contributed by atoms with van der Waals surface area (Å²) in [6.45, 7) is 0.690. The lowest BCUT2D eigenvalue weighted by atomic mass is 9.79. The maximum absolute atomic E-state index is 12.0. The predicted molar refractivity (Wildman–Crippen MR) is 82.4 cm³/mol. The van der Waals surface area contributed by atoms with E-state index in [2.05, 4.69) is 5.32 Å². The summed E-state index contributed by atoms with van der Waals surface area (Å²) in [5, 5.41) is 3.33. The summed E-state index contributed by atoms with van der Waals surface area (Å²) in [4.78, 5) is 12.0. The van der Waals surface area contributed by atoms with Gasteiger partial charge in [-0.3, -0.25) is 4.79 Å². The van der Waals surface area contributed by atoms with Crippen LogP contribution in [0.15, 0.2) is 30.3 Å². The van der Waals surface area contributed by atoms with Crippen LogP contribution in [0.2, 0.25) is 0 Å². The molecule has 1 aromatic rings. The summed E-state index contributed by atoms with van der Waals surface area (Å²) < 4.78 is 10.8. The number of rotatable bonds is 7. The second-order valence-electron chi connectivity index (χ2n) is 5.65. The van der Waals surface area contributed by atoms with Crippen molar-refractivity contribution in [1.82, 2.24) is 5.32 Å². The van der Waals surface area contributed by atoms with Crippen LogP contribution >= 0.6 is 0 Å². The topological polar surface area (TPSA) is 47.6 Å². The molecule has 0 bridgehead atoms. The first-order chi connectivity index (χ1) is 10.2. The molecule has 1 aliphatic carbocycles. The lowest BCUT2D eigenvalue weighted by Crippen LogP contribution is -2.46. The Balaban J connectivity index is 1.67. The number of carbonyl (C=O) groups excluding carboxylic acids is 1. The molecule has 1 saturated carbocycles. The molecule has 2 rings (SSSR count). The smallest absolute Gasteiger partial charge is 0.307 e. The van der Waals surface area contributed by atoms with E-state index in [0.29, 0.717) is 19.6 Å². The standard InChI is InChI=1S/C17H25NO3/c1-18-17(10-6-3-7-11-17)14-16(19)21-13-12-20-15-8-4-2-5-9-15/h2,4-5,8-9,18H,3,6-7,10-14H2,1H3. The molecule has 0 radical (unpaired) electrons. The van der Waals surface area contributed by atoms with Crippen molar-refractivity contribution in [3.8, 4) is 5.75 Å². The minimum Gasteiger partial charge on any atom is -0.490 e. The van der Waals surface area contributed by atoms with Gasteiger partial charge in [-0.15, -0.1) is 0 Å². The molecular weight excluding hydrogens is 266 g/mol. The molecule has 4 nitrogen and oxygen atoms in total. The Morgan fingerprint density at radius 1 is 1.14 bits per heavy atom. The van der Waals surface area contributed by atoms with E-state index in [1.54, 1.807) is 0 Å². The first kappa shape index (κ1) is 15.8. The SMILES string of the molecule is CNC1(CC(=O)OCCOc2ccccc2)CCCCC1. The number of para-hydroxylation sites is 1. The van der Waals surface area contributed by atoms with Crippen LogP contribution in [0.3, 0.4) is 0 Å². The quantitative estimate of drug-likeness (QED) is 0.620. The van der Waals surface area contributed by atoms with E-state index in [4.69, 9.17) is 9.47 Å². The van der Waals surface area contributed by atoms with Crippen LogP contribution in [-0.2, 0) is 9.53 Å². The molecule has 1 fully saturated rings. The Morgan fingerprint density at radius 3 is 2.52 bits per heavy atom. The van der Waals surface area contributed by atoms with Crippen molar-refractivity contribution in [2.45, 2.75) is 44.1 Å². The van der Waals surface area contributed by atoms with Crippen LogP contribution in [0.1, 0.15) is 38.5 Å². The Morgan fingerprint density at radius 2 is 1.86 bits per heavy atom. The fourth-order valence-electron chi connectivity index (χ4n) is 2.90. The van der Waals surface area contributed by atoms with E-state index in [-0.39, 0.29) is 11.5 Å². The van der Waals surface area contributed by atoms with Gasteiger partial charge in [0.05, 0.1) is 6.42 Å². The van der Waals surface area contributed by atoms with Crippen molar-refractivity contribution in [3.05, 3.63) is 30.3 Å². The first-order valence-corrected chi connectivity index (χ1v) is 7.76. The van der Waals surface area contributed by atoms with Crippen molar-refractivity contribution < 1.29 is 14.3 Å². The highest BCUT2D eigenvalue weighted by Gasteiger charge is 2.33. The highest BCUT2D eigenvalue weighted by Crippen LogP contribution is 2.30. The molecule has 0 aromatic heterocycles. The summed E-state index contributed by atoms with van der Waals surface area (Å²) in [5.41, 5.74) is -0.0599. The fourth-order valence-corrected chi connectivity index (χ4v) is 2.90. The predicted octanol–water partition coefficient (Wildman–Crippen LogP) is 2.92. The summed E-state index contributed by atoms with van der Waals surface area (Å²) in [6.07, 6.45) is 6.20. The fraction of sp³-hybridized carbons (Fsp3) is 0.588. The molecule has 1 aliphatic rings. The highest BCUT2D eigenvalue weighted by atomic mass is 16.6. The number of benzene rings is 1. The minimum atomic E-state index is -0.136. The number of nitrogens with one attached hydrogen (secondary N) is 1. The third kappa shape index (κ3) is 5.05. The monoisotopic (exact) mass is 291 g/mol. The largest absolute Gasteiger partial charge is 0.490 e. The zero-order chi connectivity index (χ0) is 15.0. The van der Waals surface area contributed by atoms with Crippen LogP contribution in [0.5, 0.6) is 5.75 Å². The number of ether oxygens (including phenoxy) is 2. The zero-order valence-corrected chi connectivity index (χ0v) is 12.8. The van der Waals surface area contributed by atoms with Gasteiger partial charge in [0, 0.05) is 5.54 Å². The molecule has 0 atom stereocenters. The lowest BCUT2D eigenvalue weighted by molar-refractivity contribution is -0.146. The van der Waals surface area contributed by atoms with E-state index >= 15 is 0 Å². The molecule has 116 valence electrons. The van der Waals surface area contributed by atoms with Crippen LogP contribution in [0, 0.1) is 0 Å². The molecule has 21 heavy (non-hydrogen) atoms. The molecule has 0 heterocycles. The van der Waals surface area contributed by atoms with Gasteiger partial charge < -0.3 is 14.8 Å². The van der Waals surface area contributed by atoms with Gasteiger partial charge in [-0.2, -0.15) is 0 Å². The van der Waals surface area contributed by atoms with Gasteiger partial charge in [-0.1, -0.05) is 37.5 Å². The summed E-state index contributed by atoms with van der Waals surface area (Å²) in [5.74, 6) is 0.662. The Kier molecular flexibility index (Phi) is 6.05. The molecule has 0 unspecified atom stereocenters. The normalized spacial score (nSPS) is 17.2. The zero-order valence-electron chi connectivity index (χ0n) is 12.8. The average molecular weight is 291 g/mol. The second kappa shape index (κ2) is 8.03. The van der Waals surface area contributed by atoms with Crippen LogP contribution in [-0.4, -0.2) is 31.8 Å². The Hall–Kier alpha value is -1.55. The lowest BCUT2D eigenvalue weighted by Gasteiger charge is -2.36. The second-order valence-corrected chi connectivity index (χ2v) is 5.65. The van der Waals surface area contributed by atoms with Crippen molar-refractivity contribution >= 4 is 5.97 Å². The number of hydrogen-bond donors (Lipinski definition) is 1. The number of esters is 1. The van der Waals surface area contributed by atoms with Gasteiger partial charge in [0.1, 0.15) is 19.0 Å². The number of carbonyl (C=O) groups is 1. The molecule has 1 aromatic carbocycles. The van der Waals surface area contributed by atoms with Crippen molar-refractivity contribution in [2.75, 3.05) is 20.3 Å². The summed E-state index contributed by atoms with van der Waals surface area (Å²) in [7, 11) is 1.94. The summed E-state index contributed by atoms with van der Waals surface area (Å²) in [6, 6.07) is 9.55. The third-order valence-corrected chi connectivity index (χ3v) is 4.18. The molecule has 0 spiro atoms. The molecule has 0 aliphatic heterocycles. The van der Waals surface area contributed by atoms with E-state index in [0.717, 1.165) is 18.6 Å². The van der Waals surface area contributed by atoms with Gasteiger partial charge in [-0.25, -0.2) is 0 Å². The van der Waals surface area contributed by atoms with E-state index in [1.165, 1.54) is 19.3 Å². The van der Waals surface area contributed by atoms with Gasteiger partial charge in [0.15, 0.2) is 0 Å². The molecule has 0 amide bonds. The maximum Gasteiger partial charge on any atom is 0.307 e. The molecule has 0 saturated heterocycles. The number of hydrogen-bond acceptors (Lipinski definition) is 4. The van der Waals surface area contributed by atoms with Gasteiger partial charge in [-0.05, 0) is 32.0 Å². The van der Waals surface area contributed by atoms with Crippen LogP contribution in [0.4, 0.5) is 0 Å². The molecule has 1 N–H and O–H groups in total. The van der Waals surface area contributed by atoms with Crippen LogP contribution < -0.4 is 10.1 Å². The van der Waals surface area contributed by atoms with Crippen molar-refractivity contribution in [2.24, 2.45) is 0 Å². The maximum atomic E-state index is 12.0. The van der Waals surface area contributed by atoms with E-state index in [9.17, 15) is 4.79 Å². The van der Waals surface area contributed by atoms with Gasteiger partial charge in [0.25, 0.3) is 0 Å². The van der Waals surface area contributed by atoms with Gasteiger partial charge in [0.2, 0.25) is 0 Å². The molecule has 4 heteroatoms. The van der Waals surface area contributed by atoms with E-state index in [1.807, 2.05) is 37.4 Å². The Labute approximate surface area is 126 Å². The van der Waals surface area contributed by atoms with Crippen LogP contribution in [0.25, 0.3) is 0 Å². The summed E-state index contributed by atoms with van der Waals surface area (Å²) >= 11 is 0. The van der Waals surface area contributed by atoms with E-state index < -0.39 is 0 Å². The Bertz CT molecular complexity index is 427.